The molecule has 4 nitrogen and oxygen atoms in total. The first kappa shape index (κ1) is 17.6. The third kappa shape index (κ3) is 3.16. The largest absolute Gasteiger partial charge is 0.241 e. The van der Waals surface area contributed by atoms with E-state index in [4.69, 9.17) is 10.2 Å². The second kappa shape index (κ2) is 7.53. The van der Waals surface area contributed by atoms with Crippen LogP contribution >= 0.6 is 23.5 Å². The first-order valence-corrected chi connectivity index (χ1v) is 11.3. The van der Waals surface area contributed by atoms with Gasteiger partial charge in [0.25, 0.3) is 0 Å². The SMILES string of the molecule is c1ccc(-n2ccc(C3(c4ccn(-c5ccccc5)n4)SCCCS3)n2)cc1. The molecule has 1 fully saturated rings. The molecule has 2 aromatic heterocycles. The van der Waals surface area contributed by atoms with Gasteiger partial charge in [0, 0.05) is 12.4 Å². The fraction of sp³-hybridized carbons (Fsp3) is 0.182. The maximum absolute atomic E-state index is 4.96. The quantitative estimate of drug-likeness (QED) is 0.472. The Hall–Kier alpha value is -2.44. The molecule has 1 aliphatic heterocycles. The molecule has 0 aliphatic carbocycles. The summed E-state index contributed by atoms with van der Waals surface area (Å²) in [5, 5.41) is 9.92. The number of aromatic nitrogens is 4. The van der Waals surface area contributed by atoms with Gasteiger partial charge < -0.3 is 0 Å². The maximum atomic E-state index is 4.96. The average molecular weight is 405 g/mol. The third-order valence-electron chi connectivity index (χ3n) is 4.79. The maximum Gasteiger partial charge on any atom is 0.149 e. The van der Waals surface area contributed by atoms with Crippen LogP contribution in [-0.2, 0) is 4.08 Å². The molecule has 1 saturated heterocycles. The predicted octanol–water partition coefficient (Wildman–Crippen LogP) is 5.13. The van der Waals surface area contributed by atoms with Crippen molar-refractivity contribution in [2.24, 2.45) is 0 Å². The molecule has 4 aromatic rings. The van der Waals surface area contributed by atoms with Crippen molar-refractivity contribution < 1.29 is 0 Å². The molecule has 0 unspecified atom stereocenters. The van der Waals surface area contributed by atoms with E-state index in [-0.39, 0.29) is 4.08 Å². The normalized spacial score (nSPS) is 16.1. The van der Waals surface area contributed by atoms with Crippen LogP contribution in [0.15, 0.2) is 85.2 Å². The second-order valence-corrected chi connectivity index (χ2v) is 9.51. The highest BCUT2D eigenvalue weighted by molar-refractivity contribution is 8.18. The summed E-state index contributed by atoms with van der Waals surface area (Å²) in [6, 6.07) is 24.8. The summed E-state index contributed by atoms with van der Waals surface area (Å²) in [7, 11) is 0. The van der Waals surface area contributed by atoms with Gasteiger partial charge in [-0.05, 0) is 54.3 Å². The summed E-state index contributed by atoms with van der Waals surface area (Å²) in [5.41, 5.74) is 4.27. The van der Waals surface area contributed by atoms with Crippen LogP contribution < -0.4 is 0 Å². The van der Waals surface area contributed by atoms with E-state index in [1.54, 1.807) is 0 Å². The monoisotopic (exact) mass is 404 g/mol. The van der Waals surface area contributed by atoms with E-state index in [1.807, 2.05) is 69.3 Å². The van der Waals surface area contributed by atoms with Crippen molar-refractivity contribution in [3.05, 3.63) is 96.6 Å². The molecule has 0 bridgehead atoms. The average Bonchev–Trinajstić information content (AvgIpc) is 3.46. The first-order valence-electron chi connectivity index (χ1n) is 9.36. The molecule has 0 saturated carbocycles. The fourth-order valence-electron chi connectivity index (χ4n) is 3.41. The molecular weight excluding hydrogens is 384 g/mol. The molecule has 140 valence electrons. The van der Waals surface area contributed by atoms with Crippen molar-refractivity contribution in [3.8, 4) is 11.4 Å². The van der Waals surface area contributed by atoms with Gasteiger partial charge >= 0.3 is 0 Å². The van der Waals surface area contributed by atoms with Gasteiger partial charge in [-0.25, -0.2) is 9.36 Å². The molecule has 1 aliphatic rings. The van der Waals surface area contributed by atoms with Gasteiger partial charge in [-0.3, -0.25) is 0 Å². The number of para-hydroxylation sites is 2. The van der Waals surface area contributed by atoms with Crippen LogP contribution in [0.5, 0.6) is 0 Å². The molecule has 0 spiro atoms. The van der Waals surface area contributed by atoms with Crippen LogP contribution in [0.3, 0.4) is 0 Å². The van der Waals surface area contributed by atoms with E-state index in [0.29, 0.717) is 0 Å². The zero-order chi connectivity index (χ0) is 18.8. The summed E-state index contributed by atoms with van der Waals surface area (Å²) >= 11 is 3.89. The van der Waals surface area contributed by atoms with Crippen LogP contribution in [0.25, 0.3) is 11.4 Å². The number of nitrogens with zero attached hydrogens (tertiary/aromatic N) is 4. The summed E-state index contributed by atoms with van der Waals surface area (Å²) in [5.74, 6) is 2.23. The summed E-state index contributed by atoms with van der Waals surface area (Å²) < 4.78 is 3.65. The lowest BCUT2D eigenvalue weighted by Gasteiger charge is -2.33. The lowest BCUT2D eigenvalue weighted by molar-refractivity contribution is 0.789. The Labute approximate surface area is 173 Å². The topological polar surface area (TPSA) is 35.6 Å². The molecule has 0 amide bonds. The van der Waals surface area contributed by atoms with Crippen LogP contribution in [0.2, 0.25) is 0 Å². The van der Waals surface area contributed by atoms with E-state index in [1.165, 1.54) is 6.42 Å². The Morgan fingerprint density at radius 1 is 0.643 bits per heavy atom. The second-order valence-electron chi connectivity index (χ2n) is 6.63. The highest BCUT2D eigenvalue weighted by Gasteiger charge is 2.42. The highest BCUT2D eigenvalue weighted by Crippen LogP contribution is 2.53. The van der Waals surface area contributed by atoms with E-state index < -0.39 is 0 Å². The van der Waals surface area contributed by atoms with Gasteiger partial charge in [0.2, 0.25) is 0 Å². The zero-order valence-electron chi connectivity index (χ0n) is 15.3. The first-order chi connectivity index (χ1) is 13.9. The zero-order valence-corrected chi connectivity index (χ0v) is 16.9. The molecule has 3 heterocycles. The molecular formula is C22H20N4S2. The van der Waals surface area contributed by atoms with Crippen molar-refractivity contribution in [1.29, 1.82) is 0 Å². The number of hydrogen-bond donors (Lipinski definition) is 0. The van der Waals surface area contributed by atoms with Crippen molar-refractivity contribution in [2.75, 3.05) is 11.5 Å². The Bertz CT molecular complexity index is 971. The lowest BCUT2D eigenvalue weighted by Crippen LogP contribution is -2.26. The fourth-order valence-corrected chi connectivity index (χ4v) is 6.60. The third-order valence-corrected chi connectivity index (χ3v) is 8.14. The van der Waals surface area contributed by atoms with E-state index in [9.17, 15) is 0 Å². The minimum atomic E-state index is -0.266. The standard InChI is InChI=1S/C22H20N4S2/c1-3-8-18(9-4-1)25-14-12-20(23-25)22(27-16-7-17-28-22)21-13-15-26(24-21)19-10-5-2-6-11-19/h1-6,8-15H,7,16-17H2. The number of hydrogen-bond acceptors (Lipinski definition) is 4. The molecule has 2 aromatic carbocycles. The molecule has 5 rings (SSSR count). The summed E-state index contributed by atoms with van der Waals surface area (Å²) in [6.45, 7) is 0. The van der Waals surface area contributed by atoms with Crippen molar-refractivity contribution >= 4 is 23.5 Å². The van der Waals surface area contributed by atoms with Gasteiger partial charge in [-0.2, -0.15) is 10.2 Å². The van der Waals surface area contributed by atoms with Gasteiger partial charge in [-0.1, -0.05) is 36.4 Å². The van der Waals surface area contributed by atoms with E-state index in [2.05, 4.69) is 48.8 Å². The molecule has 0 radical (unpaired) electrons. The minimum absolute atomic E-state index is 0.266. The Kier molecular flexibility index (Phi) is 4.74. The van der Waals surface area contributed by atoms with Crippen molar-refractivity contribution in [2.45, 2.75) is 10.5 Å². The van der Waals surface area contributed by atoms with Crippen LogP contribution in [-0.4, -0.2) is 31.1 Å². The minimum Gasteiger partial charge on any atom is -0.241 e. The van der Waals surface area contributed by atoms with Crippen molar-refractivity contribution in [1.82, 2.24) is 19.6 Å². The van der Waals surface area contributed by atoms with Gasteiger partial charge in [0.1, 0.15) is 4.08 Å². The van der Waals surface area contributed by atoms with Crippen molar-refractivity contribution in [3.63, 3.8) is 0 Å². The van der Waals surface area contributed by atoms with Crippen LogP contribution in [0, 0.1) is 0 Å². The van der Waals surface area contributed by atoms with Crippen LogP contribution in [0.1, 0.15) is 17.8 Å². The number of rotatable bonds is 4. The molecule has 28 heavy (non-hydrogen) atoms. The predicted molar refractivity (Wildman–Crippen MR) is 117 cm³/mol. The highest BCUT2D eigenvalue weighted by atomic mass is 32.2. The van der Waals surface area contributed by atoms with Gasteiger partial charge in [0.15, 0.2) is 0 Å². The molecule has 6 heteroatoms. The Morgan fingerprint density at radius 2 is 1.11 bits per heavy atom. The summed E-state index contributed by atoms with van der Waals surface area (Å²) in [6.07, 6.45) is 5.32. The van der Waals surface area contributed by atoms with Gasteiger partial charge in [-0.15, -0.1) is 23.5 Å². The molecule has 0 N–H and O–H groups in total. The van der Waals surface area contributed by atoms with E-state index in [0.717, 1.165) is 34.3 Å². The number of benzene rings is 2. The Balaban J connectivity index is 1.55. The lowest BCUT2D eigenvalue weighted by atomic mass is 10.2. The van der Waals surface area contributed by atoms with Gasteiger partial charge in [0.05, 0.1) is 22.8 Å². The Morgan fingerprint density at radius 3 is 1.57 bits per heavy atom. The smallest absolute Gasteiger partial charge is 0.149 e. The molecule has 0 atom stereocenters. The summed E-state index contributed by atoms with van der Waals surface area (Å²) in [4.78, 5) is 0. The van der Waals surface area contributed by atoms with Crippen LogP contribution in [0.4, 0.5) is 0 Å². The van der Waals surface area contributed by atoms with E-state index >= 15 is 0 Å². The number of thioether (sulfide) groups is 2.